The van der Waals surface area contributed by atoms with Crippen molar-refractivity contribution in [1.82, 2.24) is 20.2 Å². The fraction of sp³-hybridized carbons (Fsp3) is 0.533. The largest absolute Gasteiger partial charge is 0.399 e. The molecule has 114 valence electrons. The van der Waals surface area contributed by atoms with Gasteiger partial charge in [0.1, 0.15) is 0 Å². The Morgan fingerprint density at radius 2 is 2.10 bits per heavy atom. The smallest absolute Gasteiger partial charge is 0.182 e. The minimum atomic E-state index is 0.0933. The molecule has 0 amide bonds. The van der Waals surface area contributed by atoms with Gasteiger partial charge in [0.05, 0.1) is 12.6 Å². The van der Waals surface area contributed by atoms with Crippen molar-refractivity contribution in [2.45, 2.75) is 33.7 Å². The van der Waals surface area contributed by atoms with Gasteiger partial charge in [-0.2, -0.15) is 0 Å². The Bertz CT molecular complexity index is 593. The molecule has 2 N–H and O–H groups in total. The third-order valence-corrected chi connectivity index (χ3v) is 3.57. The van der Waals surface area contributed by atoms with Gasteiger partial charge in [-0.25, -0.2) is 4.68 Å². The first kappa shape index (κ1) is 15.4. The zero-order chi connectivity index (χ0) is 15.4. The van der Waals surface area contributed by atoms with Crippen LogP contribution in [-0.2, 0) is 4.74 Å². The van der Waals surface area contributed by atoms with E-state index in [1.54, 1.807) is 0 Å². The average Bonchev–Trinajstić information content (AvgIpc) is 2.90. The molecule has 0 saturated heterocycles. The van der Waals surface area contributed by atoms with E-state index in [1.165, 1.54) is 0 Å². The van der Waals surface area contributed by atoms with E-state index in [0.717, 1.165) is 17.0 Å². The van der Waals surface area contributed by atoms with Crippen LogP contribution in [0, 0.1) is 12.8 Å². The molecule has 6 nitrogen and oxygen atoms in total. The monoisotopic (exact) mass is 289 g/mol. The van der Waals surface area contributed by atoms with Crippen molar-refractivity contribution in [3.05, 3.63) is 23.8 Å². The Kier molecular flexibility index (Phi) is 4.90. The number of nitrogens with two attached hydrogens (primary N) is 1. The second-order valence-corrected chi connectivity index (χ2v) is 5.49. The number of hydrogen-bond acceptors (Lipinski definition) is 5. The Morgan fingerprint density at radius 1 is 1.33 bits per heavy atom. The van der Waals surface area contributed by atoms with Crippen molar-refractivity contribution in [2.24, 2.45) is 5.92 Å². The molecule has 0 spiro atoms. The Morgan fingerprint density at radius 3 is 2.76 bits per heavy atom. The molecule has 0 radical (unpaired) electrons. The van der Waals surface area contributed by atoms with Crippen LogP contribution < -0.4 is 5.73 Å². The van der Waals surface area contributed by atoms with Crippen molar-refractivity contribution in [3.8, 4) is 11.4 Å². The van der Waals surface area contributed by atoms with E-state index in [0.29, 0.717) is 24.8 Å². The maximum absolute atomic E-state index is 5.90. The first-order valence-corrected chi connectivity index (χ1v) is 7.26. The highest BCUT2D eigenvalue weighted by Gasteiger charge is 2.22. The predicted molar refractivity (Wildman–Crippen MR) is 82.8 cm³/mol. The van der Waals surface area contributed by atoms with Gasteiger partial charge in [-0.05, 0) is 47.9 Å². The van der Waals surface area contributed by atoms with Gasteiger partial charge in [0.2, 0.25) is 0 Å². The fourth-order valence-corrected chi connectivity index (χ4v) is 2.26. The van der Waals surface area contributed by atoms with Crippen molar-refractivity contribution >= 4 is 5.69 Å². The molecule has 1 aromatic carbocycles. The Balaban J connectivity index is 2.43. The van der Waals surface area contributed by atoms with Crippen LogP contribution in [-0.4, -0.2) is 33.4 Å². The Labute approximate surface area is 125 Å². The third-order valence-electron chi connectivity index (χ3n) is 3.57. The molecule has 21 heavy (non-hydrogen) atoms. The molecule has 1 aromatic heterocycles. The average molecular weight is 289 g/mol. The summed E-state index contributed by atoms with van der Waals surface area (Å²) in [4.78, 5) is 0. The van der Waals surface area contributed by atoms with Crippen LogP contribution in [0.25, 0.3) is 11.4 Å². The van der Waals surface area contributed by atoms with Crippen molar-refractivity contribution in [2.75, 3.05) is 18.9 Å². The van der Waals surface area contributed by atoms with Crippen molar-refractivity contribution in [3.63, 3.8) is 0 Å². The molecule has 1 atom stereocenters. The molecule has 0 saturated carbocycles. The van der Waals surface area contributed by atoms with Gasteiger partial charge < -0.3 is 10.5 Å². The zero-order valence-electron chi connectivity index (χ0n) is 13.1. The van der Waals surface area contributed by atoms with Crippen LogP contribution in [0.2, 0.25) is 0 Å². The van der Waals surface area contributed by atoms with Gasteiger partial charge in [-0.15, -0.1) is 5.10 Å². The summed E-state index contributed by atoms with van der Waals surface area (Å²) in [7, 11) is 0. The molecule has 0 aliphatic heterocycles. The van der Waals surface area contributed by atoms with E-state index in [2.05, 4.69) is 29.4 Å². The number of tetrazole rings is 1. The lowest BCUT2D eigenvalue weighted by atomic mass is 10.0. The van der Waals surface area contributed by atoms with Gasteiger partial charge in [0.25, 0.3) is 0 Å². The van der Waals surface area contributed by atoms with Crippen LogP contribution in [0.15, 0.2) is 18.2 Å². The minimum absolute atomic E-state index is 0.0933. The zero-order valence-corrected chi connectivity index (χ0v) is 13.1. The van der Waals surface area contributed by atoms with Gasteiger partial charge in [-0.1, -0.05) is 19.9 Å². The van der Waals surface area contributed by atoms with Gasteiger partial charge >= 0.3 is 0 Å². The summed E-state index contributed by atoms with van der Waals surface area (Å²) in [6.07, 6.45) is 0. The number of aromatic nitrogens is 4. The number of rotatable bonds is 6. The van der Waals surface area contributed by atoms with E-state index in [-0.39, 0.29) is 6.04 Å². The molecule has 6 heteroatoms. The van der Waals surface area contributed by atoms with Crippen LogP contribution in [0.1, 0.15) is 32.4 Å². The first-order chi connectivity index (χ1) is 10.0. The summed E-state index contributed by atoms with van der Waals surface area (Å²) >= 11 is 0. The van der Waals surface area contributed by atoms with Crippen molar-refractivity contribution in [1.29, 1.82) is 0 Å². The standard InChI is InChI=1S/C15H23N5O/c1-5-21-9-14(10(2)3)20-15(17-18-19-20)13-8-12(16)7-6-11(13)4/h6-8,10,14H,5,9,16H2,1-4H3. The molecular weight excluding hydrogens is 266 g/mol. The fourth-order valence-electron chi connectivity index (χ4n) is 2.26. The first-order valence-electron chi connectivity index (χ1n) is 7.26. The molecule has 1 heterocycles. The van der Waals surface area contributed by atoms with Gasteiger partial charge in [0.15, 0.2) is 5.82 Å². The molecule has 0 aliphatic carbocycles. The number of nitrogen functional groups attached to an aromatic ring is 1. The topological polar surface area (TPSA) is 78.8 Å². The number of anilines is 1. The van der Waals surface area contributed by atoms with Gasteiger partial charge in [0, 0.05) is 17.9 Å². The maximum Gasteiger partial charge on any atom is 0.182 e. The second kappa shape index (κ2) is 6.67. The van der Waals surface area contributed by atoms with Crippen LogP contribution in [0.5, 0.6) is 0 Å². The third kappa shape index (κ3) is 3.39. The van der Waals surface area contributed by atoms with Crippen molar-refractivity contribution < 1.29 is 4.74 Å². The summed E-state index contributed by atoms with van der Waals surface area (Å²) in [5.74, 6) is 1.10. The lowest BCUT2D eigenvalue weighted by Gasteiger charge is -2.22. The van der Waals surface area contributed by atoms with E-state index in [1.807, 2.05) is 36.7 Å². The summed E-state index contributed by atoms with van der Waals surface area (Å²) in [6.45, 7) is 9.56. The molecule has 1 unspecified atom stereocenters. The number of aryl methyl sites for hydroxylation is 1. The molecule has 0 bridgehead atoms. The van der Waals surface area contributed by atoms with Crippen LogP contribution >= 0.6 is 0 Å². The van der Waals surface area contributed by atoms with Crippen LogP contribution in [0.4, 0.5) is 5.69 Å². The molecule has 0 aliphatic rings. The molecular formula is C15H23N5O. The SMILES string of the molecule is CCOCC(C(C)C)n1nnnc1-c1cc(N)ccc1C. The number of hydrogen-bond donors (Lipinski definition) is 1. The van der Waals surface area contributed by atoms with E-state index >= 15 is 0 Å². The normalized spacial score (nSPS) is 12.8. The summed E-state index contributed by atoms with van der Waals surface area (Å²) < 4.78 is 7.43. The molecule has 2 rings (SSSR count). The van der Waals surface area contributed by atoms with Crippen LogP contribution in [0.3, 0.4) is 0 Å². The molecule has 0 fully saturated rings. The van der Waals surface area contributed by atoms with E-state index < -0.39 is 0 Å². The number of ether oxygens (including phenoxy) is 1. The van der Waals surface area contributed by atoms with E-state index in [9.17, 15) is 0 Å². The number of benzene rings is 1. The molecule has 2 aromatic rings. The highest BCUT2D eigenvalue weighted by atomic mass is 16.5. The predicted octanol–water partition coefficient (Wildman–Crippen LogP) is 2.46. The maximum atomic E-state index is 5.90. The summed E-state index contributed by atoms with van der Waals surface area (Å²) in [6, 6.07) is 5.87. The number of nitrogens with zero attached hydrogens (tertiary/aromatic N) is 4. The van der Waals surface area contributed by atoms with E-state index in [4.69, 9.17) is 10.5 Å². The lowest BCUT2D eigenvalue weighted by molar-refractivity contribution is 0.0913. The lowest BCUT2D eigenvalue weighted by Crippen LogP contribution is -2.23. The summed E-state index contributed by atoms with van der Waals surface area (Å²) in [5, 5.41) is 12.2. The van der Waals surface area contributed by atoms with Gasteiger partial charge in [-0.3, -0.25) is 0 Å². The quantitative estimate of drug-likeness (QED) is 0.826. The Hall–Kier alpha value is -1.95. The minimum Gasteiger partial charge on any atom is -0.399 e. The summed E-state index contributed by atoms with van der Waals surface area (Å²) in [5.41, 5.74) is 8.66. The second-order valence-electron chi connectivity index (χ2n) is 5.49. The highest BCUT2D eigenvalue weighted by molar-refractivity contribution is 5.65. The highest BCUT2D eigenvalue weighted by Crippen LogP contribution is 2.27.